The Hall–Kier alpha value is -4.36. The van der Waals surface area contributed by atoms with Gasteiger partial charge in [-0.05, 0) is 36.8 Å². The molecule has 265 valence electrons. The topological polar surface area (TPSA) is 56.7 Å². The minimum Gasteiger partial charge on any atom is 0 e. The summed E-state index contributed by atoms with van der Waals surface area (Å²) >= 11 is -2.24. The van der Waals surface area contributed by atoms with Gasteiger partial charge < -0.3 is 8.98 Å². The summed E-state index contributed by atoms with van der Waals surface area (Å²) in [5.74, 6) is 7.70. The molecule has 4 heterocycles. The minimum atomic E-state index is -2.24. The number of benzene rings is 4. The van der Waals surface area contributed by atoms with E-state index in [4.69, 9.17) is 12.1 Å². The van der Waals surface area contributed by atoms with E-state index in [2.05, 4.69) is 80.3 Å². The summed E-state index contributed by atoms with van der Waals surface area (Å²) in [4.78, 5) is 14.2. The monoisotopic (exact) mass is 925 g/mol. The maximum absolute atomic E-state index is 8.76. The number of aryl methyl sites for hydroxylation is 1. The zero-order valence-electron chi connectivity index (χ0n) is 32.7. The van der Waals surface area contributed by atoms with Crippen molar-refractivity contribution in [2.24, 2.45) is 5.41 Å². The molecule has 0 bridgehead atoms. The molecule has 0 spiro atoms. The molecule has 0 fully saturated rings. The third kappa shape index (κ3) is 8.15. The van der Waals surface area contributed by atoms with Crippen LogP contribution in [0.1, 0.15) is 40.3 Å². The van der Waals surface area contributed by atoms with E-state index >= 15 is 0 Å². The van der Waals surface area contributed by atoms with Crippen LogP contribution in [-0.4, -0.2) is 32.8 Å². The summed E-state index contributed by atoms with van der Waals surface area (Å²) in [5, 5.41) is 2.04. The largest absolute Gasteiger partial charge is 0 e. The molecule has 1 radical (unpaired) electrons. The third-order valence-electron chi connectivity index (χ3n) is 8.71. The van der Waals surface area contributed by atoms with Gasteiger partial charge in [0.25, 0.3) is 0 Å². The molecule has 0 aliphatic heterocycles. The zero-order chi connectivity index (χ0) is 37.5. The number of para-hydroxylation sites is 2. The van der Waals surface area contributed by atoms with Gasteiger partial charge in [-0.25, -0.2) is 4.98 Å². The van der Waals surface area contributed by atoms with Crippen LogP contribution in [0.5, 0.6) is 0 Å². The molecule has 52 heavy (non-hydrogen) atoms. The van der Waals surface area contributed by atoms with Crippen LogP contribution in [0.4, 0.5) is 0 Å². The van der Waals surface area contributed by atoms with E-state index in [1.165, 1.54) is 5.56 Å². The smallest absolute Gasteiger partial charge is 0 e. The van der Waals surface area contributed by atoms with E-state index in [-0.39, 0.29) is 20.1 Å². The standard InChI is InChI=1S/C26H18N3O.C19H26GeN.Ir/c1-17-14-15-20-19-10-7-11-21(24(19)30-26(20)27-17)25-28-22-12-5-6-13-23(22)29(25)16-18-8-3-2-4-9-18;1-19(2,3)13-16-12-18(15-10-8-7-9-11-15)21-14-17(16)20(4,5)6;/h2-10,12-15H,16H2,1H3;7-10,12,14H,13H2,1-6H3;/q2*-1;/i;13D2;. The van der Waals surface area contributed by atoms with E-state index in [0.29, 0.717) is 5.71 Å². The molecule has 8 aromatic rings. The fourth-order valence-corrected chi connectivity index (χ4v) is 9.26. The van der Waals surface area contributed by atoms with Crippen LogP contribution >= 0.6 is 0 Å². The second-order valence-electron chi connectivity index (χ2n) is 15.0. The van der Waals surface area contributed by atoms with Crippen molar-refractivity contribution in [2.45, 2.75) is 57.9 Å². The van der Waals surface area contributed by atoms with Gasteiger partial charge in [-0.15, -0.1) is 18.2 Å². The first-order chi connectivity index (χ1) is 25.2. The Morgan fingerprint density at radius 1 is 0.827 bits per heavy atom. The summed E-state index contributed by atoms with van der Waals surface area (Å²) in [6.45, 7) is 8.57. The van der Waals surface area contributed by atoms with Crippen molar-refractivity contribution in [3.8, 4) is 22.6 Å². The van der Waals surface area contributed by atoms with Crippen molar-refractivity contribution in [1.29, 1.82) is 0 Å². The van der Waals surface area contributed by atoms with E-state index in [1.807, 2.05) is 107 Å². The maximum atomic E-state index is 8.76. The molecule has 0 aliphatic carbocycles. The number of hydrogen-bond acceptors (Lipinski definition) is 4. The number of nitrogens with zero attached hydrogens (tertiary/aromatic N) is 4. The van der Waals surface area contributed by atoms with Crippen LogP contribution in [0.15, 0.2) is 120 Å². The summed E-state index contributed by atoms with van der Waals surface area (Å²) in [5.41, 5.74) is 8.51. The quantitative estimate of drug-likeness (QED) is 0.123. The van der Waals surface area contributed by atoms with Crippen molar-refractivity contribution in [2.75, 3.05) is 0 Å². The zero-order valence-corrected chi connectivity index (χ0v) is 35.2. The van der Waals surface area contributed by atoms with Crippen molar-refractivity contribution in [3.63, 3.8) is 0 Å². The third-order valence-corrected chi connectivity index (χ3v) is 12.9. The van der Waals surface area contributed by atoms with Crippen molar-refractivity contribution >= 4 is 50.8 Å². The van der Waals surface area contributed by atoms with Crippen molar-refractivity contribution in [3.05, 3.63) is 144 Å². The Morgan fingerprint density at radius 3 is 2.31 bits per heavy atom. The summed E-state index contributed by atoms with van der Waals surface area (Å²) in [7, 11) is 0. The number of hydrogen-bond donors (Lipinski definition) is 0. The summed E-state index contributed by atoms with van der Waals surface area (Å²) < 4.78 is 27.1. The first kappa shape index (κ1) is 34.7. The Kier molecular flexibility index (Phi) is 10.2. The Labute approximate surface area is 326 Å². The number of pyridine rings is 2. The van der Waals surface area contributed by atoms with Crippen LogP contribution in [0, 0.1) is 24.5 Å². The fraction of sp³-hybridized carbons (Fsp3) is 0.222. The minimum absolute atomic E-state index is 0. The summed E-state index contributed by atoms with van der Waals surface area (Å²) in [6.07, 6.45) is 0.502. The van der Waals surface area contributed by atoms with Crippen molar-refractivity contribution < 1.29 is 27.3 Å². The molecule has 0 aliphatic rings. The van der Waals surface area contributed by atoms with E-state index in [1.54, 1.807) is 0 Å². The normalized spacial score (nSPS) is 12.6. The molecule has 5 nitrogen and oxygen atoms in total. The van der Waals surface area contributed by atoms with Gasteiger partial charge in [0.15, 0.2) is 0 Å². The van der Waals surface area contributed by atoms with Gasteiger partial charge in [-0.1, -0.05) is 53.4 Å². The average Bonchev–Trinajstić information content (AvgIpc) is 3.69. The van der Waals surface area contributed by atoms with Gasteiger partial charge in [0, 0.05) is 37.7 Å². The first-order valence-electron chi connectivity index (χ1n) is 18.4. The van der Waals surface area contributed by atoms with Crippen LogP contribution in [0.2, 0.25) is 17.3 Å². The average molecular weight is 924 g/mol. The number of furan rings is 1. The Morgan fingerprint density at radius 2 is 1.58 bits per heavy atom. The van der Waals surface area contributed by atoms with Crippen LogP contribution in [0.3, 0.4) is 0 Å². The van der Waals surface area contributed by atoms with Gasteiger partial charge in [0.2, 0.25) is 5.71 Å². The summed E-state index contributed by atoms with van der Waals surface area (Å²) in [6, 6.07) is 43.0. The predicted molar refractivity (Wildman–Crippen MR) is 214 cm³/mol. The number of imidazole rings is 1. The van der Waals surface area contributed by atoms with E-state index in [0.717, 1.165) is 72.2 Å². The molecular formula is C45H44GeIrN4O-2. The van der Waals surface area contributed by atoms with Crippen molar-refractivity contribution in [1.82, 2.24) is 19.5 Å². The van der Waals surface area contributed by atoms with Crippen LogP contribution in [-0.2, 0) is 33.0 Å². The second kappa shape index (κ2) is 15.3. The Bertz CT molecular complexity index is 2550. The van der Waals surface area contributed by atoms with Gasteiger partial charge in [0.1, 0.15) is 0 Å². The number of rotatable bonds is 6. The molecule has 0 saturated heterocycles. The molecule has 4 aromatic heterocycles. The number of fused-ring (bicyclic) bond motifs is 4. The number of aromatic nitrogens is 4. The first-order valence-corrected chi connectivity index (χ1v) is 24.7. The SMILES string of the molecule is Cc1ccc2c(n1)oc1c(-c3nc4ccccc4n3Cc3ccccc3)[c-]ccc12.[2H]C([2H])(c1cc(-c2[c-]cccc2)nc[c]1[Ge]([CH3])([CH3])[CH3])C(C)(C)C.[Ir]. The predicted octanol–water partition coefficient (Wildman–Crippen LogP) is 10.8. The molecule has 7 heteroatoms. The second-order valence-corrected chi connectivity index (χ2v) is 25.6. The van der Waals surface area contributed by atoms with E-state index < -0.39 is 25.1 Å². The molecule has 8 rings (SSSR count). The molecule has 0 N–H and O–H groups in total. The molecule has 0 unspecified atom stereocenters. The van der Waals surface area contributed by atoms with Crippen LogP contribution in [0.25, 0.3) is 55.7 Å². The van der Waals surface area contributed by atoms with Gasteiger partial charge in [-0.3, -0.25) is 4.98 Å². The maximum Gasteiger partial charge on any atom is 0 e. The van der Waals surface area contributed by atoms with E-state index in [9.17, 15) is 0 Å². The fourth-order valence-electron chi connectivity index (χ4n) is 6.33. The molecule has 0 amide bonds. The van der Waals surface area contributed by atoms with Gasteiger partial charge in [0.05, 0.1) is 22.4 Å². The van der Waals surface area contributed by atoms with Gasteiger partial charge >= 0.3 is 135 Å². The molecular weight excluding hydrogens is 877 g/mol. The molecule has 4 aromatic carbocycles. The molecule has 0 atom stereocenters. The Balaban J connectivity index is 0.000000188. The molecule has 0 saturated carbocycles. The van der Waals surface area contributed by atoms with Gasteiger partial charge in [-0.2, -0.15) is 0 Å². The van der Waals surface area contributed by atoms with Crippen LogP contribution < -0.4 is 4.40 Å².